The Bertz CT molecular complexity index is 365. The Hall–Kier alpha value is -0.610. The van der Waals surface area contributed by atoms with Crippen LogP contribution < -0.4 is 0 Å². The maximum atomic E-state index is 12.1. The monoisotopic (exact) mass is 297 g/mol. The van der Waals surface area contributed by atoms with Gasteiger partial charge < -0.3 is 9.47 Å². The standard InChI is InChI=1S/C17H31NO3/c1-6-21-16(19)15-14(17(15,3)4)11-18(9-10-20-5)12(2)13-7-8-13/h12-15H,6-11H2,1-5H3/t12-,14-,15-/m0/s1. The molecule has 0 aliphatic heterocycles. The molecule has 2 rings (SSSR count). The van der Waals surface area contributed by atoms with Crippen molar-refractivity contribution in [1.29, 1.82) is 0 Å². The first-order valence-corrected chi connectivity index (χ1v) is 8.33. The Balaban J connectivity index is 1.94. The molecule has 0 radical (unpaired) electrons. The van der Waals surface area contributed by atoms with Crippen LogP contribution in [0.4, 0.5) is 0 Å². The highest BCUT2D eigenvalue weighted by atomic mass is 16.5. The van der Waals surface area contributed by atoms with Gasteiger partial charge in [0, 0.05) is 26.2 Å². The van der Waals surface area contributed by atoms with E-state index in [-0.39, 0.29) is 17.3 Å². The number of carbonyl (C=O) groups is 1. The fraction of sp³-hybridized carbons (Fsp3) is 0.941. The Kier molecular flexibility index (Phi) is 5.31. The van der Waals surface area contributed by atoms with E-state index in [1.807, 2.05) is 6.92 Å². The number of ether oxygens (including phenoxy) is 2. The quantitative estimate of drug-likeness (QED) is 0.613. The average Bonchev–Trinajstić information content (AvgIpc) is 3.31. The van der Waals surface area contributed by atoms with Gasteiger partial charge in [-0.05, 0) is 43.9 Å². The zero-order valence-electron chi connectivity index (χ0n) is 14.2. The predicted octanol–water partition coefficient (Wildman–Crippen LogP) is 2.57. The number of rotatable bonds is 9. The van der Waals surface area contributed by atoms with Crippen LogP contribution in [0.25, 0.3) is 0 Å². The SMILES string of the molecule is CCOC(=O)[C@@H]1[C@H](CN(CCOC)[C@@H](C)C2CC2)C1(C)C. The Morgan fingerprint density at radius 2 is 2.05 bits per heavy atom. The molecule has 0 heterocycles. The number of carbonyl (C=O) groups excluding carboxylic acids is 1. The molecule has 2 fully saturated rings. The lowest BCUT2D eigenvalue weighted by Gasteiger charge is -2.29. The maximum absolute atomic E-state index is 12.1. The van der Waals surface area contributed by atoms with Crippen LogP contribution in [0.5, 0.6) is 0 Å². The smallest absolute Gasteiger partial charge is 0.309 e. The highest BCUT2D eigenvalue weighted by molar-refractivity contribution is 5.77. The minimum Gasteiger partial charge on any atom is -0.466 e. The van der Waals surface area contributed by atoms with Crippen LogP contribution in [0.15, 0.2) is 0 Å². The van der Waals surface area contributed by atoms with Gasteiger partial charge in [0.15, 0.2) is 0 Å². The summed E-state index contributed by atoms with van der Waals surface area (Å²) in [5.74, 6) is 1.30. The van der Waals surface area contributed by atoms with Gasteiger partial charge in [0.2, 0.25) is 0 Å². The van der Waals surface area contributed by atoms with E-state index < -0.39 is 0 Å². The second-order valence-electron chi connectivity index (χ2n) is 7.22. The predicted molar refractivity (Wildman–Crippen MR) is 83.0 cm³/mol. The van der Waals surface area contributed by atoms with E-state index in [4.69, 9.17) is 9.47 Å². The van der Waals surface area contributed by atoms with Gasteiger partial charge in [0.1, 0.15) is 0 Å². The number of hydrogen-bond donors (Lipinski definition) is 0. The molecule has 0 aromatic heterocycles. The normalized spacial score (nSPS) is 28.5. The van der Waals surface area contributed by atoms with E-state index in [9.17, 15) is 4.79 Å². The molecule has 2 aliphatic rings. The summed E-state index contributed by atoms with van der Waals surface area (Å²) in [4.78, 5) is 14.6. The molecule has 0 saturated heterocycles. The molecular formula is C17H31NO3. The highest BCUT2D eigenvalue weighted by Crippen LogP contribution is 2.59. The van der Waals surface area contributed by atoms with Gasteiger partial charge in [0.25, 0.3) is 0 Å². The molecule has 0 spiro atoms. The summed E-state index contributed by atoms with van der Waals surface area (Å²) < 4.78 is 10.5. The zero-order valence-corrected chi connectivity index (χ0v) is 14.2. The summed E-state index contributed by atoms with van der Waals surface area (Å²) in [6.45, 7) is 11.8. The lowest BCUT2D eigenvalue weighted by molar-refractivity contribution is -0.145. The highest BCUT2D eigenvalue weighted by Gasteiger charge is 2.62. The molecule has 0 amide bonds. The van der Waals surface area contributed by atoms with Crippen molar-refractivity contribution in [3.8, 4) is 0 Å². The third-order valence-corrected chi connectivity index (χ3v) is 5.49. The van der Waals surface area contributed by atoms with Crippen LogP contribution in [0, 0.1) is 23.2 Å². The van der Waals surface area contributed by atoms with E-state index >= 15 is 0 Å². The molecular weight excluding hydrogens is 266 g/mol. The largest absolute Gasteiger partial charge is 0.466 e. The van der Waals surface area contributed by atoms with Crippen LogP contribution in [-0.4, -0.2) is 50.3 Å². The third-order valence-electron chi connectivity index (χ3n) is 5.49. The van der Waals surface area contributed by atoms with Gasteiger partial charge >= 0.3 is 5.97 Å². The van der Waals surface area contributed by atoms with E-state index in [1.165, 1.54) is 12.8 Å². The van der Waals surface area contributed by atoms with Gasteiger partial charge in [-0.15, -0.1) is 0 Å². The lowest BCUT2D eigenvalue weighted by Crippen LogP contribution is -2.39. The van der Waals surface area contributed by atoms with E-state index in [0.717, 1.165) is 25.6 Å². The Labute approximate surface area is 129 Å². The van der Waals surface area contributed by atoms with Gasteiger partial charge in [-0.25, -0.2) is 0 Å². The summed E-state index contributed by atoms with van der Waals surface area (Å²) in [7, 11) is 1.75. The van der Waals surface area contributed by atoms with Gasteiger partial charge in [-0.2, -0.15) is 0 Å². The van der Waals surface area contributed by atoms with Gasteiger partial charge in [-0.1, -0.05) is 13.8 Å². The molecule has 0 bridgehead atoms. The minimum absolute atomic E-state index is 0.0155. The first-order valence-electron chi connectivity index (χ1n) is 8.33. The first kappa shape index (κ1) is 16.8. The fourth-order valence-corrected chi connectivity index (χ4v) is 3.58. The van der Waals surface area contributed by atoms with Crippen LogP contribution in [0.1, 0.15) is 40.5 Å². The van der Waals surface area contributed by atoms with Crippen molar-refractivity contribution in [3.63, 3.8) is 0 Å². The minimum atomic E-state index is -0.0155. The molecule has 21 heavy (non-hydrogen) atoms. The topological polar surface area (TPSA) is 38.8 Å². The summed E-state index contributed by atoms with van der Waals surface area (Å²) in [6.07, 6.45) is 2.69. The number of hydrogen-bond acceptors (Lipinski definition) is 4. The molecule has 0 unspecified atom stereocenters. The van der Waals surface area contributed by atoms with Crippen molar-refractivity contribution in [3.05, 3.63) is 0 Å². The van der Waals surface area contributed by atoms with Crippen LogP contribution in [-0.2, 0) is 14.3 Å². The molecule has 122 valence electrons. The summed E-state index contributed by atoms with van der Waals surface area (Å²) in [6, 6.07) is 0.597. The van der Waals surface area contributed by atoms with Crippen molar-refractivity contribution >= 4 is 5.97 Å². The van der Waals surface area contributed by atoms with Crippen LogP contribution in [0.2, 0.25) is 0 Å². The van der Waals surface area contributed by atoms with Crippen LogP contribution >= 0.6 is 0 Å². The molecule has 4 heteroatoms. The second-order valence-corrected chi connectivity index (χ2v) is 7.22. The van der Waals surface area contributed by atoms with E-state index in [2.05, 4.69) is 25.7 Å². The van der Waals surface area contributed by atoms with Crippen molar-refractivity contribution in [2.24, 2.45) is 23.2 Å². The summed E-state index contributed by atoms with van der Waals surface area (Å²) >= 11 is 0. The van der Waals surface area contributed by atoms with Crippen molar-refractivity contribution < 1.29 is 14.3 Å². The average molecular weight is 297 g/mol. The molecule has 3 atom stereocenters. The Morgan fingerprint density at radius 1 is 1.38 bits per heavy atom. The zero-order chi connectivity index (χ0) is 15.6. The molecule has 0 aromatic carbocycles. The maximum Gasteiger partial charge on any atom is 0.309 e. The Morgan fingerprint density at radius 3 is 2.57 bits per heavy atom. The number of methoxy groups -OCH3 is 1. The molecule has 0 aromatic rings. The lowest BCUT2D eigenvalue weighted by atomic mass is 10.1. The molecule has 2 saturated carbocycles. The second kappa shape index (κ2) is 6.66. The molecule has 0 N–H and O–H groups in total. The fourth-order valence-electron chi connectivity index (χ4n) is 3.58. The summed E-state index contributed by atoms with van der Waals surface area (Å²) in [5, 5.41) is 0. The van der Waals surface area contributed by atoms with Crippen LogP contribution in [0.3, 0.4) is 0 Å². The van der Waals surface area contributed by atoms with Crippen molar-refractivity contribution in [2.75, 3.05) is 33.4 Å². The number of nitrogens with zero attached hydrogens (tertiary/aromatic N) is 1. The third kappa shape index (κ3) is 3.78. The number of esters is 1. The van der Waals surface area contributed by atoms with E-state index in [1.54, 1.807) is 7.11 Å². The van der Waals surface area contributed by atoms with Crippen molar-refractivity contribution in [2.45, 2.75) is 46.6 Å². The summed E-state index contributed by atoms with van der Waals surface area (Å²) in [5.41, 5.74) is 0.0703. The van der Waals surface area contributed by atoms with Gasteiger partial charge in [0.05, 0.1) is 19.1 Å². The first-order chi connectivity index (χ1) is 9.93. The van der Waals surface area contributed by atoms with E-state index in [0.29, 0.717) is 18.6 Å². The van der Waals surface area contributed by atoms with Gasteiger partial charge in [-0.3, -0.25) is 9.69 Å². The molecule has 4 nitrogen and oxygen atoms in total. The molecule has 2 aliphatic carbocycles. The van der Waals surface area contributed by atoms with Crippen molar-refractivity contribution in [1.82, 2.24) is 4.90 Å².